The summed E-state index contributed by atoms with van der Waals surface area (Å²) in [6, 6.07) is 3.10. The maximum atomic E-state index is 11.0. The van der Waals surface area contributed by atoms with Crippen LogP contribution in [0.3, 0.4) is 0 Å². The molecule has 0 spiro atoms. The average molecular weight is 248 g/mol. The first-order chi connectivity index (χ1) is 7.49. The molecule has 0 heterocycles. The Labute approximate surface area is 117 Å². The Morgan fingerprint density at radius 2 is 1.71 bits per heavy atom. The first-order valence-corrected chi connectivity index (χ1v) is 3.92. The van der Waals surface area contributed by atoms with Crippen LogP contribution in [0.1, 0.15) is 31.1 Å². The number of benzene rings is 1. The molecule has 8 heteroatoms. The molecule has 0 atom stereocenters. The van der Waals surface area contributed by atoms with Crippen LogP contribution in [-0.2, 0) is 4.89 Å². The van der Waals surface area contributed by atoms with Gasteiger partial charge in [-0.1, -0.05) is 12.1 Å². The van der Waals surface area contributed by atoms with E-state index in [-0.39, 0.29) is 29.6 Å². The third-order valence-electron chi connectivity index (χ3n) is 1.80. The Balaban J connectivity index is 0.00000256. The Morgan fingerprint density at radius 1 is 1.18 bits per heavy atom. The molecule has 0 saturated carbocycles. The molecule has 0 aliphatic heterocycles. The predicted molar refractivity (Wildman–Crippen MR) is 45.8 cm³/mol. The molecule has 0 bridgehead atoms. The van der Waals surface area contributed by atoms with E-state index in [4.69, 9.17) is 10.4 Å². The molecule has 0 amide bonds. The number of carboxylic acid groups (broad SMARTS) is 2. The second kappa shape index (κ2) is 6.36. The van der Waals surface area contributed by atoms with E-state index < -0.39 is 34.6 Å². The van der Waals surface area contributed by atoms with Crippen LogP contribution in [0.4, 0.5) is 0 Å². The van der Waals surface area contributed by atoms with Gasteiger partial charge in [-0.15, -0.1) is 0 Å². The van der Waals surface area contributed by atoms with Crippen molar-refractivity contribution in [1.82, 2.24) is 0 Å². The molecular formula is C9H5NaO7. The van der Waals surface area contributed by atoms with Crippen LogP contribution in [0.25, 0.3) is 0 Å². The van der Waals surface area contributed by atoms with Crippen molar-refractivity contribution in [3.05, 3.63) is 34.9 Å². The second-order valence-corrected chi connectivity index (χ2v) is 2.70. The predicted octanol–water partition coefficient (Wildman–Crippen LogP) is -3.62. The molecule has 1 aromatic rings. The van der Waals surface area contributed by atoms with E-state index in [1.165, 1.54) is 0 Å². The van der Waals surface area contributed by atoms with E-state index in [1.54, 1.807) is 0 Å². The van der Waals surface area contributed by atoms with Crippen molar-refractivity contribution < 1.29 is 64.3 Å². The molecule has 2 N–H and O–H groups in total. The van der Waals surface area contributed by atoms with Crippen molar-refractivity contribution in [3.63, 3.8) is 0 Å². The third kappa shape index (κ3) is 3.27. The zero-order valence-electron chi connectivity index (χ0n) is 8.67. The van der Waals surface area contributed by atoms with Crippen molar-refractivity contribution in [2.24, 2.45) is 0 Å². The first kappa shape index (κ1) is 15.6. The summed E-state index contributed by atoms with van der Waals surface area (Å²) in [4.78, 5) is 35.7. The molecule has 7 nitrogen and oxygen atoms in total. The molecule has 0 radical (unpaired) electrons. The summed E-state index contributed by atoms with van der Waals surface area (Å²) < 4.78 is 0. The number of hydrogen-bond donors (Lipinski definition) is 2. The van der Waals surface area contributed by atoms with E-state index in [0.29, 0.717) is 0 Å². The molecule has 0 fully saturated rings. The quantitative estimate of drug-likeness (QED) is 0.321. The van der Waals surface area contributed by atoms with Crippen LogP contribution in [-0.4, -0.2) is 28.3 Å². The monoisotopic (exact) mass is 248 g/mol. The second-order valence-electron chi connectivity index (χ2n) is 2.70. The molecule has 84 valence electrons. The number of aromatic carboxylic acids is 2. The van der Waals surface area contributed by atoms with E-state index >= 15 is 0 Å². The summed E-state index contributed by atoms with van der Waals surface area (Å²) in [5, 5.41) is 27.5. The summed E-state index contributed by atoms with van der Waals surface area (Å²) in [6.07, 6.45) is 0. The number of rotatable bonds is 3. The van der Waals surface area contributed by atoms with Gasteiger partial charge >= 0.3 is 41.5 Å². The van der Waals surface area contributed by atoms with Crippen molar-refractivity contribution in [1.29, 1.82) is 0 Å². The van der Waals surface area contributed by atoms with E-state index in [2.05, 4.69) is 4.89 Å². The standard InChI is InChI=1S/C9H6O7.Na/c10-7(11)4-2-1-3-5(8(12)13)6(4)9(14)16-15;/h1-3,15H,(H,10,11)(H,12,13);/q;+1/p-1. The molecule has 0 aliphatic carbocycles. The van der Waals surface area contributed by atoms with Gasteiger partial charge < -0.3 is 15.0 Å². The smallest absolute Gasteiger partial charge is 0.545 e. The Morgan fingerprint density at radius 3 is 2.12 bits per heavy atom. The van der Waals surface area contributed by atoms with Gasteiger partial charge in [-0.25, -0.2) is 9.59 Å². The fourth-order valence-electron chi connectivity index (χ4n) is 1.17. The van der Waals surface area contributed by atoms with Crippen molar-refractivity contribution in [3.8, 4) is 0 Å². The van der Waals surface area contributed by atoms with E-state index in [1.807, 2.05) is 0 Å². The van der Waals surface area contributed by atoms with Crippen LogP contribution < -0.4 is 34.7 Å². The van der Waals surface area contributed by atoms with Gasteiger partial charge in [0.25, 0.3) is 0 Å². The summed E-state index contributed by atoms with van der Waals surface area (Å²) >= 11 is 0. The van der Waals surface area contributed by atoms with Gasteiger partial charge in [0.1, 0.15) is 0 Å². The van der Waals surface area contributed by atoms with Crippen LogP contribution in [0.15, 0.2) is 18.2 Å². The first-order valence-electron chi connectivity index (χ1n) is 3.92. The van der Waals surface area contributed by atoms with Gasteiger partial charge in [-0.2, -0.15) is 5.26 Å². The summed E-state index contributed by atoms with van der Waals surface area (Å²) in [6.45, 7) is 0. The molecule has 1 aromatic carbocycles. The average Bonchev–Trinajstić information content (AvgIpc) is 2.26. The van der Waals surface area contributed by atoms with Gasteiger partial charge in [0.05, 0.1) is 17.1 Å². The summed E-state index contributed by atoms with van der Waals surface area (Å²) in [5.74, 6) is -4.75. The molecule has 1 rings (SSSR count). The van der Waals surface area contributed by atoms with Gasteiger partial charge in [0.15, 0.2) is 0 Å². The Kier molecular flexibility index (Phi) is 5.83. The molecular weight excluding hydrogens is 243 g/mol. The maximum absolute atomic E-state index is 11.0. The minimum Gasteiger partial charge on any atom is -0.545 e. The zero-order valence-corrected chi connectivity index (χ0v) is 10.7. The normalized spacial score (nSPS) is 9.00. The fourth-order valence-corrected chi connectivity index (χ4v) is 1.17. The Bertz CT molecular complexity index is 436. The number of hydrogen-bond acceptors (Lipinski definition) is 6. The minimum atomic E-state index is -1.75. The fraction of sp³-hybridized carbons (Fsp3) is 0. The van der Waals surface area contributed by atoms with Gasteiger partial charge in [-0.05, 0) is 6.07 Å². The molecule has 17 heavy (non-hydrogen) atoms. The SMILES string of the molecule is O=C([O-])c1cccc(C(=O)O)c1C(=O)OO.[Na+]. The van der Waals surface area contributed by atoms with Gasteiger partial charge in [0.2, 0.25) is 0 Å². The van der Waals surface area contributed by atoms with Crippen LogP contribution in [0, 0.1) is 0 Å². The number of carbonyl (C=O) groups is 3. The zero-order chi connectivity index (χ0) is 12.3. The van der Waals surface area contributed by atoms with Crippen LogP contribution in [0.2, 0.25) is 0 Å². The van der Waals surface area contributed by atoms with Crippen molar-refractivity contribution in [2.45, 2.75) is 0 Å². The molecule has 0 aromatic heterocycles. The third-order valence-corrected chi connectivity index (χ3v) is 1.80. The van der Waals surface area contributed by atoms with Gasteiger partial charge in [0, 0.05) is 5.56 Å². The summed E-state index contributed by atoms with van der Waals surface area (Å²) in [5.41, 5.74) is -2.03. The van der Waals surface area contributed by atoms with Crippen molar-refractivity contribution in [2.75, 3.05) is 0 Å². The molecule has 0 saturated heterocycles. The van der Waals surface area contributed by atoms with E-state index in [0.717, 1.165) is 18.2 Å². The Hall–Kier alpha value is -1.41. The van der Waals surface area contributed by atoms with E-state index in [9.17, 15) is 19.5 Å². The summed E-state index contributed by atoms with van der Waals surface area (Å²) in [7, 11) is 0. The van der Waals surface area contributed by atoms with Crippen LogP contribution in [0.5, 0.6) is 0 Å². The topological polar surface area (TPSA) is 124 Å². The molecule has 0 aliphatic rings. The number of carboxylic acids is 2. The number of carbonyl (C=O) groups excluding carboxylic acids is 2. The van der Waals surface area contributed by atoms with Gasteiger partial charge in [-0.3, -0.25) is 4.89 Å². The largest absolute Gasteiger partial charge is 1.00 e. The maximum Gasteiger partial charge on any atom is 1.00 e. The van der Waals surface area contributed by atoms with Crippen molar-refractivity contribution >= 4 is 17.9 Å². The molecule has 0 unspecified atom stereocenters. The van der Waals surface area contributed by atoms with Crippen LogP contribution >= 0.6 is 0 Å². The minimum absolute atomic E-state index is 0.